The van der Waals surface area contributed by atoms with Gasteiger partial charge in [0.05, 0.1) is 5.92 Å². The molecule has 2 amide bonds. The van der Waals surface area contributed by atoms with Crippen molar-refractivity contribution < 1.29 is 9.59 Å². The first-order chi connectivity index (χ1) is 9.70. The van der Waals surface area contributed by atoms with Crippen LogP contribution in [0.4, 0.5) is 0 Å². The largest absolute Gasteiger partial charge is 0.355 e. The van der Waals surface area contributed by atoms with Crippen molar-refractivity contribution in [1.29, 1.82) is 0 Å². The molecule has 2 rings (SSSR count). The van der Waals surface area contributed by atoms with Crippen LogP contribution in [0, 0.1) is 5.92 Å². The van der Waals surface area contributed by atoms with E-state index in [1.165, 1.54) is 0 Å². The summed E-state index contributed by atoms with van der Waals surface area (Å²) in [6, 6.07) is 7.26. The van der Waals surface area contributed by atoms with E-state index in [2.05, 4.69) is 16.0 Å². The lowest BCUT2D eigenvalue weighted by Gasteiger charge is -2.21. The Morgan fingerprint density at radius 1 is 1.30 bits per heavy atom. The fourth-order valence-corrected chi connectivity index (χ4v) is 2.33. The summed E-state index contributed by atoms with van der Waals surface area (Å²) in [4.78, 5) is 23.4. The first kappa shape index (κ1) is 14.5. The summed E-state index contributed by atoms with van der Waals surface area (Å²) in [5.74, 6) is 0.0790. The molecule has 1 heterocycles. The van der Waals surface area contributed by atoms with Crippen molar-refractivity contribution in [3.8, 4) is 0 Å². The van der Waals surface area contributed by atoms with E-state index in [9.17, 15) is 9.59 Å². The molecule has 0 aliphatic carbocycles. The maximum atomic E-state index is 12.0. The Hall–Kier alpha value is -1.88. The molecular weight excluding hydrogens is 254 g/mol. The van der Waals surface area contributed by atoms with Crippen LogP contribution in [0.3, 0.4) is 0 Å². The summed E-state index contributed by atoms with van der Waals surface area (Å²) >= 11 is 0. The fraction of sp³-hybridized carbons (Fsp3) is 0.467. The van der Waals surface area contributed by atoms with E-state index in [1.54, 1.807) is 19.2 Å². The highest BCUT2D eigenvalue weighted by molar-refractivity contribution is 5.93. The molecule has 5 nitrogen and oxygen atoms in total. The summed E-state index contributed by atoms with van der Waals surface area (Å²) in [5.41, 5.74) is 1.62. The summed E-state index contributed by atoms with van der Waals surface area (Å²) in [7, 11) is 1.61. The standard InChI is InChI=1S/C15H21N3O2/c1-16-14(19)12-6-4-11(5-7-12)9-18-15(20)13-3-2-8-17-10-13/h4-7,13,17H,2-3,8-10H2,1H3,(H,16,19)(H,18,20). The molecule has 1 aromatic carbocycles. The van der Waals surface area contributed by atoms with Crippen LogP contribution < -0.4 is 16.0 Å². The lowest BCUT2D eigenvalue weighted by molar-refractivity contribution is -0.125. The maximum Gasteiger partial charge on any atom is 0.251 e. The van der Waals surface area contributed by atoms with Gasteiger partial charge in [-0.2, -0.15) is 0 Å². The van der Waals surface area contributed by atoms with Gasteiger partial charge in [-0.05, 0) is 37.1 Å². The molecule has 1 atom stereocenters. The molecule has 1 saturated heterocycles. The fourth-order valence-electron chi connectivity index (χ4n) is 2.33. The molecule has 20 heavy (non-hydrogen) atoms. The van der Waals surface area contributed by atoms with Crippen LogP contribution in [-0.4, -0.2) is 32.0 Å². The third-order valence-corrected chi connectivity index (χ3v) is 3.58. The zero-order valence-electron chi connectivity index (χ0n) is 11.7. The third kappa shape index (κ3) is 3.81. The highest BCUT2D eigenvalue weighted by atomic mass is 16.2. The molecule has 108 valence electrons. The number of nitrogens with one attached hydrogen (secondary N) is 3. The Morgan fingerprint density at radius 2 is 2.05 bits per heavy atom. The number of carbonyl (C=O) groups is 2. The van der Waals surface area contributed by atoms with Crippen molar-refractivity contribution in [3.63, 3.8) is 0 Å². The average Bonchev–Trinajstić information content (AvgIpc) is 2.53. The number of piperidine rings is 1. The molecule has 5 heteroatoms. The van der Waals surface area contributed by atoms with Crippen molar-refractivity contribution in [2.75, 3.05) is 20.1 Å². The van der Waals surface area contributed by atoms with Crippen molar-refractivity contribution in [3.05, 3.63) is 35.4 Å². The van der Waals surface area contributed by atoms with Gasteiger partial charge in [0.2, 0.25) is 5.91 Å². The van der Waals surface area contributed by atoms with Gasteiger partial charge in [0.25, 0.3) is 5.91 Å². The molecule has 1 aromatic rings. The van der Waals surface area contributed by atoms with Crippen molar-refractivity contribution in [2.45, 2.75) is 19.4 Å². The Bertz CT molecular complexity index is 465. The number of hydrogen-bond acceptors (Lipinski definition) is 3. The van der Waals surface area contributed by atoms with Crippen LogP contribution in [0.15, 0.2) is 24.3 Å². The van der Waals surface area contributed by atoms with Gasteiger partial charge in [-0.25, -0.2) is 0 Å². The average molecular weight is 275 g/mol. The van der Waals surface area contributed by atoms with E-state index in [-0.39, 0.29) is 17.7 Å². The van der Waals surface area contributed by atoms with Crippen LogP contribution in [0.2, 0.25) is 0 Å². The van der Waals surface area contributed by atoms with E-state index in [1.807, 2.05) is 12.1 Å². The van der Waals surface area contributed by atoms with Gasteiger partial charge in [-0.3, -0.25) is 9.59 Å². The molecule has 0 bridgehead atoms. The van der Waals surface area contributed by atoms with Crippen molar-refractivity contribution >= 4 is 11.8 Å². The van der Waals surface area contributed by atoms with E-state index in [0.29, 0.717) is 12.1 Å². The van der Waals surface area contributed by atoms with Gasteiger partial charge in [-0.15, -0.1) is 0 Å². The van der Waals surface area contributed by atoms with Gasteiger partial charge in [-0.1, -0.05) is 12.1 Å². The second kappa shape index (κ2) is 7.05. The van der Waals surface area contributed by atoms with Crippen LogP contribution in [-0.2, 0) is 11.3 Å². The Kier molecular flexibility index (Phi) is 5.12. The molecule has 1 aliphatic heterocycles. The molecule has 3 N–H and O–H groups in total. The molecule has 1 fully saturated rings. The van der Waals surface area contributed by atoms with Gasteiger partial charge >= 0.3 is 0 Å². The predicted molar refractivity (Wildman–Crippen MR) is 77.3 cm³/mol. The first-order valence-corrected chi connectivity index (χ1v) is 7.00. The van der Waals surface area contributed by atoms with E-state index in [0.717, 1.165) is 31.5 Å². The Balaban J connectivity index is 1.84. The van der Waals surface area contributed by atoms with E-state index in [4.69, 9.17) is 0 Å². The topological polar surface area (TPSA) is 70.2 Å². The Labute approximate surface area is 119 Å². The van der Waals surface area contributed by atoms with Gasteiger partial charge in [0.1, 0.15) is 0 Å². The molecule has 0 aromatic heterocycles. The molecular formula is C15H21N3O2. The van der Waals surface area contributed by atoms with Crippen LogP contribution in [0.1, 0.15) is 28.8 Å². The number of amides is 2. The summed E-state index contributed by atoms with van der Waals surface area (Å²) in [5, 5.41) is 8.77. The van der Waals surface area contributed by atoms with Gasteiger partial charge in [0, 0.05) is 25.7 Å². The van der Waals surface area contributed by atoms with Crippen LogP contribution in [0.25, 0.3) is 0 Å². The minimum absolute atomic E-state index is 0.0777. The van der Waals surface area contributed by atoms with Crippen LogP contribution in [0.5, 0.6) is 0 Å². The number of benzene rings is 1. The van der Waals surface area contributed by atoms with Gasteiger partial charge < -0.3 is 16.0 Å². The predicted octanol–water partition coefficient (Wildman–Crippen LogP) is 0.662. The summed E-state index contributed by atoms with van der Waals surface area (Å²) < 4.78 is 0. The number of carbonyl (C=O) groups excluding carboxylic acids is 2. The number of hydrogen-bond donors (Lipinski definition) is 3. The summed E-state index contributed by atoms with van der Waals surface area (Å²) in [6.07, 6.45) is 2.01. The highest BCUT2D eigenvalue weighted by Crippen LogP contribution is 2.10. The number of rotatable bonds is 4. The normalized spacial score (nSPS) is 18.4. The van der Waals surface area contributed by atoms with Crippen molar-refractivity contribution in [2.24, 2.45) is 5.92 Å². The summed E-state index contributed by atoms with van der Waals surface area (Å²) in [6.45, 7) is 2.27. The maximum absolute atomic E-state index is 12.0. The zero-order chi connectivity index (χ0) is 14.4. The van der Waals surface area contributed by atoms with E-state index >= 15 is 0 Å². The second-order valence-corrected chi connectivity index (χ2v) is 5.04. The quantitative estimate of drug-likeness (QED) is 0.756. The lowest BCUT2D eigenvalue weighted by atomic mass is 9.99. The SMILES string of the molecule is CNC(=O)c1ccc(CNC(=O)C2CCCNC2)cc1. The first-order valence-electron chi connectivity index (χ1n) is 7.00. The smallest absolute Gasteiger partial charge is 0.251 e. The molecule has 0 saturated carbocycles. The third-order valence-electron chi connectivity index (χ3n) is 3.58. The Morgan fingerprint density at radius 3 is 2.65 bits per heavy atom. The monoisotopic (exact) mass is 275 g/mol. The molecule has 0 spiro atoms. The minimum atomic E-state index is -0.103. The van der Waals surface area contributed by atoms with Gasteiger partial charge in [0.15, 0.2) is 0 Å². The van der Waals surface area contributed by atoms with Crippen LogP contribution >= 0.6 is 0 Å². The van der Waals surface area contributed by atoms with E-state index < -0.39 is 0 Å². The minimum Gasteiger partial charge on any atom is -0.355 e. The lowest BCUT2D eigenvalue weighted by Crippen LogP contribution is -2.40. The highest BCUT2D eigenvalue weighted by Gasteiger charge is 2.20. The molecule has 1 unspecified atom stereocenters. The second-order valence-electron chi connectivity index (χ2n) is 5.04. The molecule has 0 radical (unpaired) electrons. The molecule has 1 aliphatic rings. The zero-order valence-corrected chi connectivity index (χ0v) is 11.7. The van der Waals surface area contributed by atoms with Crippen molar-refractivity contribution in [1.82, 2.24) is 16.0 Å².